The molecule has 11 heteroatoms. The van der Waals surface area contributed by atoms with Gasteiger partial charge in [-0.15, -0.1) is 0 Å². The molecule has 1 aliphatic heterocycles. The minimum absolute atomic E-state index is 0.149. The zero-order valence-electron chi connectivity index (χ0n) is 21.5. The van der Waals surface area contributed by atoms with Gasteiger partial charge in [0, 0.05) is 35.7 Å². The Bertz CT molecular complexity index is 1190. The molecule has 2 aliphatic rings. The van der Waals surface area contributed by atoms with Crippen molar-refractivity contribution in [1.29, 1.82) is 0 Å². The number of hydrogen-bond donors (Lipinski definition) is 3. The zero-order chi connectivity index (χ0) is 27.8. The first-order valence-corrected chi connectivity index (χ1v) is 12.3. The molecule has 0 spiro atoms. The molecule has 1 saturated carbocycles. The first-order chi connectivity index (χ1) is 18.2. The lowest BCUT2D eigenvalue weighted by molar-refractivity contribution is -0.149. The topological polar surface area (TPSA) is 165 Å². The van der Waals surface area contributed by atoms with Crippen LogP contribution in [0.3, 0.4) is 0 Å². The molecule has 2 heterocycles. The number of fused-ring (bicyclic) bond motifs is 3. The van der Waals surface area contributed by atoms with E-state index >= 15 is 0 Å². The fourth-order valence-corrected chi connectivity index (χ4v) is 4.57. The molecule has 2 aromatic rings. The molecule has 0 radical (unpaired) electrons. The van der Waals surface area contributed by atoms with Crippen molar-refractivity contribution in [2.24, 2.45) is 4.99 Å². The number of ether oxygens (including phenoxy) is 3. The summed E-state index contributed by atoms with van der Waals surface area (Å²) in [4.78, 5) is 39.2. The molecule has 0 saturated heterocycles. The number of ketones is 1. The number of carboxylic acids is 2. The van der Waals surface area contributed by atoms with Gasteiger partial charge in [-0.2, -0.15) is 0 Å². The van der Waals surface area contributed by atoms with Crippen LogP contribution >= 0.6 is 0 Å². The largest absolute Gasteiger partial charge is 0.493 e. The van der Waals surface area contributed by atoms with Gasteiger partial charge in [0.1, 0.15) is 0 Å². The molecule has 38 heavy (non-hydrogen) atoms. The summed E-state index contributed by atoms with van der Waals surface area (Å²) >= 11 is 0. The maximum atomic E-state index is 10.3. The third-order valence-electron chi connectivity index (χ3n) is 6.39. The number of carbonyl (C=O) groups is 3. The number of carboxylic acid groups (broad SMARTS) is 2. The number of pyridine rings is 1. The number of rotatable bonds is 9. The number of aromatic nitrogens is 1. The molecular weight excluding hydrogens is 496 g/mol. The molecule has 0 unspecified atom stereocenters. The lowest BCUT2D eigenvalue weighted by Gasteiger charge is -2.37. The normalized spacial score (nSPS) is 19.5. The fraction of sp³-hybridized carbons (Fsp3) is 0.444. The number of methoxy groups -OCH3 is 2. The molecule has 3 atom stereocenters. The molecule has 0 amide bonds. The summed E-state index contributed by atoms with van der Waals surface area (Å²) in [5.74, 6) is -1.65. The number of aliphatic hydroxyl groups is 1. The minimum Gasteiger partial charge on any atom is -0.493 e. The highest BCUT2D eigenvalue weighted by Gasteiger charge is 2.37. The standard InChI is InChI=1S/C22H26N2O4.C5H6O5/c1-4-28-20-10-15-16-9-14(25)6-7-18(16)24-22(17(15)11-19(20)26-2)13-5-8-21(27-3)23-12-13;6-3(5(9)10)1-2-4(7)8/h5,8,10-12,14,16,18,25H,4,6-7,9H2,1-3H3;1-2H2,(H,7,8)(H,9,10)/t14-,16-,18-;/m1./s1. The van der Waals surface area contributed by atoms with Crippen LogP contribution in [0, 0.1) is 0 Å². The Balaban J connectivity index is 0.000000342. The van der Waals surface area contributed by atoms with Gasteiger partial charge in [0.25, 0.3) is 0 Å². The Morgan fingerprint density at radius 2 is 1.79 bits per heavy atom. The predicted molar refractivity (Wildman–Crippen MR) is 136 cm³/mol. The third-order valence-corrected chi connectivity index (χ3v) is 6.39. The second-order valence-electron chi connectivity index (χ2n) is 8.85. The quantitative estimate of drug-likeness (QED) is 0.412. The maximum absolute atomic E-state index is 10.3. The van der Waals surface area contributed by atoms with Gasteiger partial charge in [-0.3, -0.25) is 14.6 Å². The second kappa shape index (κ2) is 13.0. The van der Waals surface area contributed by atoms with E-state index < -0.39 is 30.6 Å². The number of aliphatic hydroxyl groups excluding tert-OH is 1. The van der Waals surface area contributed by atoms with Crippen molar-refractivity contribution < 1.29 is 43.9 Å². The van der Waals surface area contributed by atoms with E-state index in [0.29, 0.717) is 24.7 Å². The summed E-state index contributed by atoms with van der Waals surface area (Å²) in [6, 6.07) is 8.05. The van der Waals surface area contributed by atoms with E-state index in [1.807, 2.05) is 25.1 Å². The first-order valence-electron chi connectivity index (χ1n) is 12.3. The van der Waals surface area contributed by atoms with Crippen LogP contribution in [0.15, 0.2) is 35.5 Å². The van der Waals surface area contributed by atoms with Gasteiger partial charge in [-0.05, 0) is 49.9 Å². The summed E-state index contributed by atoms with van der Waals surface area (Å²) in [5, 5.41) is 26.2. The summed E-state index contributed by atoms with van der Waals surface area (Å²) in [6.45, 7) is 2.52. The first kappa shape index (κ1) is 28.6. The monoisotopic (exact) mass is 528 g/mol. The average molecular weight is 529 g/mol. The van der Waals surface area contributed by atoms with E-state index in [4.69, 9.17) is 29.4 Å². The van der Waals surface area contributed by atoms with Crippen LogP contribution in [-0.4, -0.2) is 76.7 Å². The summed E-state index contributed by atoms with van der Waals surface area (Å²) < 4.78 is 16.6. The Morgan fingerprint density at radius 3 is 2.37 bits per heavy atom. The lowest BCUT2D eigenvalue weighted by Crippen LogP contribution is -2.34. The number of carbonyl (C=O) groups excluding carboxylic acids is 1. The maximum Gasteiger partial charge on any atom is 0.372 e. The Kier molecular flexibility index (Phi) is 9.78. The van der Waals surface area contributed by atoms with Gasteiger partial charge >= 0.3 is 11.9 Å². The number of benzene rings is 1. The van der Waals surface area contributed by atoms with E-state index in [1.165, 1.54) is 0 Å². The van der Waals surface area contributed by atoms with E-state index in [0.717, 1.165) is 41.0 Å². The highest BCUT2D eigenvalue weighted by Crippen LogP contribution is 2.45. The SMILES string of the molecule is CCOc1cc2c(cc1OC)C(c1ccc(OC)nc1)=N[C@@H]1CC[C@@H](O)C[C@H]21.O=C(O)CCC(=O)C(=O)O. The number of nitrogens with zero attached hydrogens (tertiary/aromatic N) is 2. The van der Waals surface area contributed by atoms with E-state index in [-0.39, 0.29) is 18.1 Å². The summed E-state index contributed by atoms with van der Waals surface area (Å²) in [7, 11) is 3.25. The highest BCUT2D eigenvalue weighted by molar-refractivity contribution is 6.32. The molecule has 1 aliphatic carbocycles. The van der Waals surface area contributed by atoms with E-state index in [2.05, 4.69) is 11.1 Å². The smallest absolute Gasteiger partial charge is 0.372 e. The van der Waals surface area contributed by atoms with Crippen molar-refractivity contribution >= 4 is 23.4 Å². The van der Waals surface area contributed by atoms with Crippen LogP contribution in [0.1, 0.15) is 61.6 Å². The van der Waals surface area contributed by atoms with E-state index in [1.54, 1.807) is 20.4 Å². The average Bonchev–Trinajstić information content (AvgIpc) is 2.91. The van der Waals surface area contributed by atoms with Crippen LogP contribution in [0.25, 0.3) is 0 Å². The van der Waals surface area contributed by atoms with Crippen molar-refractivity contribution in [3.8, 4) is 17.4 Å². The zero-order valence-corrected chi connectivity index (χ0v) is 21.5. The number of Topliss-reactive ketones (excluding diaryl/α,β-unsaturated/α-hetero) is 1. The third kappa shape index (κ3) is 6.86. The van der Waals surface area contributed by atoms with Gasteiger partial charge in [-0.1, -0.05) is 0 Å². The Hall–Kier alpha value is -3.99. The minimum atomic E-state index is -1.58. The van der Waals surface area contributed by atoms with Crippen LogP contribution in [0.5, 0.6) is 17.4 Å². The van der Waals surface area contributed by atoms with Crippen molar-refractivity contribution in [1.82, 2.24) is 4.98 Å². The van der Waals surface area contributed by atoms with Gasteiger partial charge < -0.3 is 29.5 Å². The fourth-order valence-electron chi connectivity index (χ4n) is 4.57. The Morgan fingerprint density at radius 1 is 1.03 bits per heavy atom. The van der Waals surface area contributed by atoms with Gasteiger partial charge in [0.05, 0.1) is 45.1 Å². The number of hydrogen-bond acceptors (Lipinski definition) is 9. The van der Waals surface area contributed by atoms with Crippen molar-refractivity contribution in [2.75, 3.05) is 20.8 Å². The molecular formula is C27H32N2O9. The molecule has 3 N–H and O–H groups in total. The molecule has 1 aromatic heterocycles. The summed E-state index contributed by atoms with van der Waals surface area (Å²) in [5.41, 5.74) is 4.03. The molecule has 1 aromatic carbocycles. The van der Waals surface area contributed by atoms with Crippen LogP contribution < -0.4 is 14.2 Å². The molecule has 11 nitrogen and oxygen atoms in total. The molecule has 4 rings (SSSR count). The van der Waals surface area contributed by atoms with Crippen molar-refractivity contribution in [2.45, 2.75) is 57.1 Å². The predicted octanol–water partition coefficient (Wildman–Crippen LogP) is 2.85. The van der Waals surface area contributed by atoms with E-state index in [9.17, 15) is 19.5 Å². The van der Waals surface area contributed by atoms with Gasteiger partial charge in [0.15, 0.2) is 11.5 Å². The highest BCUT2D eigenvalue weighted by atomic mass is 16.5. The van der Waals surface area contributed by atoms with Gasteiger partial charge in [-0.25, -0.2) is 9.78 Å². The molecule has 1 fully saturated rings. The van der Waals surface area contributed by atoms with Gasteiger partial charge in [0.2, 0.25) is 11.7 Å². The lowest BCUT2D eigenvalue weighted by atomic mass is 9.74. The van der Waals surface area contributed by atoms with Crippen molar-refractivity contribution in [3.05, 3.63) is 47.2 Å². The number of aliphatic carboxylic acids is 2. The van der Waals surface area contributed by atoms with Crippen LogP contribution in [0.2, 0.25) is 0 Å². The van der Waals surface area contributed by atoms with Crippen LogP contribution in [-0.2, 0) is 14.4 Å². The summed E-state index contributed by atoms with van der Waals surface area (Å²) in [6.07, 6.45) is 3.01. The Labute approximate surface area is 220 Å². The molecule has 0 bridgehead atoms. The number of aliphatic imine (C=N–C) groups is 1. The second-order valence-corrected chi connectivity index (χ2v) is 8.85. The van der Waals surface area contributed by atoms with Crippen molar-refractivity contribution in [3.63, 3.8) is 0 Å². The van der Waals surface area contributed by atoms with Crippen LogP contribution in [0.4, 0.5) is 0 Å². The molecule has 204 valence electrons.